The van der Waals surface area contributed by atoms with Crippen molar-refractivity contribution in [1.29, 1.82) is 0 Å². The van der Waals surface area contributed by atoms with Gasteiger partial charge in [-0.3, -0.25) is 4.79 Å². The van der Waals surface area contributed by atoms with Crippen molar-refractivity contribution >= 4 is 27.8 Å². The van der Waals surface area contributed by atoms with Gasteiger partial charge in [0.1, 0.15) is 5.00 Å². The van der Waals surface area contributed by atoms with Crippen LogP contribution in [-0.2, 0) is 4.74 Å². The molecule has 1 saturated heterocycles. The van der Waals surface area contributed by atoms with Gasteiger partial charge in [-0.05, 0) is 20.8 Å². The number of ether oxygens (including phenoxy) is 2. The van der Waals surface area contributed by atoms with Crippen LogP contribution in [0.25, 0.3) is 0 Å². The molecular formula is C14H22N2O3S. The largest absolute Gasteiger partial charge is 0.492 e. The maximum atomic E-state index is 11.7. The van der Waals surface area contributed by atoms with Crippen molar-refractivity contribution in [3.05, 3.63) is 4.88 Å². The molecule has 0 aromatic carbocycles. The molecule has 1 unspecified atom stereocenters. The van der Waals surface area contributed by atoms with Crippen molar-refractivity contribution < 1.29 is 14.3 Å². The number of ketones is 1. The molecule has 0 amide bonds. The molecule has 1 atom stereocenters. The van der Waals surface area contributed by atoms with Crippen LogP contribution in [0.15, 0.2) is 0 Å². The summed E-state index contributed by atoms with van der Waals surface area (Å²) >= 11 is 1.40. The van der Waals surface area contributed by atoms with E-state index in [0.29, 0.717) is 16.3 Å². The lowest BCUT2D eigenvalue weighted by Crippen LogP contribution is -2.51. The highest BCUT2D eigenvalue weighted by Gasteiger charge is 2.34. The van der Waals surface area contributed by atoms with Crippen molar-refractivity contribution in [2.45, 2.75) is 39.4 Å². The predicted molar refractivity (Wildman–Crippen MR) is 82.1 cm³/mol. The van der Waals surface area contributed by atoms with Crippen LogP contribution in [0.4, 0.5) is 10.7 Å². The maximum absolute atomic E-state index is 11.7. The predicted octanol–water partition coefficient (Wildman–Crippen LogP) is 2.55. The summed E-state index contributed by atoms with van der Waals surface area (Å²) < 4.78 is 11.3. The van der Waals surface area contributed by atoms with Crippen molar-refractivity contribution in [2.24, 2.45) is 0 Å². The Morgan fingerprint density at radius 3 is 2.70 bits per heavy atom. The first-order valence-electron chi connectivity index (χ1n) is 6.65. The Labute approximate surface area is 123 Å². The number of hydrogen-bond donors (Lipinski definition) is 1. The van der Waals surface area contributed by atoms with Gasteiger partial charge in [0, 0.05) is 20.0 Å². The molecule has 0 aliphatic carbocycles. The molecule has 1 aliphatic heterocycles. The first-order chi connectivity index (χ1) is 9.25. The Morgan fingerprint density at radius 2 is 2.20 bits per heavy atom. The number of carbonyl (C=O) groups is 1. The average Bonchev–Trinajstić information content (AvgIpc) is 2.63. The van der Waals surface area contributed by atoms with Crippen LogP contribution < -0.4 is 15.4 Å². The van der Waals surface area contributed by atoms with E-state index in [9.17, 15) is 4.79 Å². The molecule has 0 bridgehead atoms. The van der Waals surface area contributed by atoms with Gasteiger partial charge in [0.15, 0.2) is 11.5 Å². The third kappa shape index (κ3) is 2.76. The van der Waals surface area contributed by atoms with Crippen LogP contribution in [0.2, 0.25) is 0 Å². The number of nitrogens with zero attached hydrogens (tertiary/aromatic N) is 1. The van der Waals surface area contributed by atoms with Gasteiger partial charge in [-0.15, -0.1) is 11.3 Å². The number of anilines is 2. The Bertz CT molecular complexity index is 525. The van der Waals surface area contributed by atoms with Gasteiger partial charge >= 0.3 is 0 Å². The van der Waals surface area contributed by atoms with E-state index in [4.69, 9.17) is 15.2 Å². The third-order valence-electron chi connectivity index (χ3n) is 3.26. The number of Topliss-reactive ketones (excluding diaryl/α,β-unsaturated/α-hetero) is 1. The molecule has 1 fully saturated rings. The molecule has 6 heteroatoms. The minimum absolute atomic E-state index is 0.0300. The number of carbonyl (C=O) groups excluding carboxylic acids is 1. The summed E-state index contributed by atoms with van der Waals surface area (Å²) in [6.45, 7) is 9.19. The van der Waals surface area contributed by atoms with Crippen molar-refractivity contribution in [1.82, 2.24) is 0 Å². The summed E-state index contributed by atoms with van der Waals surface area (Å²) in [5.41, 5.74) is 6.23. The monoisotopic (exact) mass is 298 g/mol. The van der Waals surface area contributed by atoms with Gasteiger partial charge < -0.3 is 20.1 Å². The van der Waals surface area contributed by atoms with E-state index < -0.39 is 0 Å². The minimum atomic E-state index is -0.238. The normalized spacial score (nSPS) is 21.9. The number of nitrogen functional groups attached to an aromatic ring is 1. The van der Waals surface area contributed by atoms with Gasteiger partial charge in [0.2, 0.25) is 0 Å². The van der Waals surface area contributed by atoms with E-state index in [0.717, 1.165) is 18.1 Å². The Morgan fingerprint density at radius 1 is 1.55 bits per heavy atom. The maximum Gasteiger partial charge on any atom is 0.177 e. The zero-order valence-corrected chi connectivity index (χ0v) is 13.5. The van der Waals surface area contributed by atoms with Gasteiger partial charge in [0.05, 0.1) is 29.4 Å². The van der Waals surface area contributed by atoms with Crippen LogP contribution in [0.1, 0.15) is 37.4 Å². The first-order valence-corrected chi connectivity index (χ1v) is 7.46. The molecule has 1 aromatic rings. The van der Waals surface area contributed by atoms with Crippen molar-refractivity contribution in [3.63, 3.8) is 0 Å². The average molecular weight is 298 g/mol. The number of rotatable bonds is 3. The van der Waals surface area contributed by atoms with E-state index in [1.807, 2.05) is 6.92 Å². The molecule has 5 nitrogen and oxygen atoms in total. The Hall–Kier alpha value is -1.27. The van der Waals surface area contributed by atoms with Crippen LogP contribution in [0.3, 0.4) is 0 Å². The quantitative estimate of drug-likeness (QED) is 0.869. The molecule has 1 aliphatic rings. The van der Waals surface area contributed by atoms with E-state index >= 15 is 0 Å². The standard InChI is InChI=1S/C14H22N2O3S/c1-8-6-16(7-14(3,4)19-8)13-11(18-5)10(15)12(20-13)9(2)17/h8H,6-7,15H2,1-5H3. The van der Waals surface area contributed by atoms with E-state index in [1.165, 1.54) is 18.3 Å². The second kappa shape index (κ2) is 5.26. The van der Waals surface area contributed by atoms with Crippen LogP contribution in [0, 0.1) is 0 Å². The highest BCUT2D eigenvalue weighted by molar-refractivity contribution is 7.19. The van der Waals surface area contributed by atoms with Gasteiger partial charge in [-0.1, -0.05) is 0 Å². The van der Waals surface area contributed by atoms with Crippen LogP contribution in [0.5, 0.6) is 5.75 Å². The van der Waals surface area contributed by atoms with E-state index in [-0.39, 0.29) is 17.5 Å². The lowest BCUT2D eigenvalue weighted by atomic mass is 10.1. The zero-order valence-electron chi connectivity index (χ0n) is 12.6. The van der Waals surface area contributed by atoms with Crippen molar-refractivity contribution in [2.75, 3.05) is 30.8 Å². The molecule has 2 rings (SSSR count). The second-order valence-corrected chi connectivity index (χ2v) is 6.81. The molecule has 2 N–H and O–H groups in total. The van der Waals surface area contributed by atoms with Gasteiger partial charge in [-0.25, -0.2) is 0 Å². The summed E-state index contributed by atoms with van der Waals surface area (Å²) in [5, 5.41) is 0.915. The summed E-state index contributed by atoms with van der Waals surface area (Å²) in [7, 11) is 1.58. The highest BCUT2D eigenvalue weighted by atomic mass is 32.1. The van der Waals surface area contributed by atoms with Gasteiger partial charge in [-0.2, -0.15) is 0 Å². The summed E-state index contributed by atoms with van der Waals surface area (Å²) in [5.74, 6) is 0.572. The smallest absolute Gasteiger partial charge is 0.177 e. The number of hydrogen-bond acceptors (Lipinski definition) is 6. The van der Waals surface area contributed by atoms with Gasteiger partial charge in [0.25, 0.3) is 0 Å². The van der Waals surface area contributed by atoms with E-state index in [1.54, 1.807) is 7.11 Å². The van der Waals surface area contributed by atoms with Crippen molar-refractivity contribution in [3.8, 4) is 5.75 Å². The molecule has 0 radical (unpaired) electrons. The Balaban J connectivity index is 2.41. The number of methoxy groups -OCH3 is 1. The molecule has 112 valence electrons. The number of thiophene rings is 1. The molecule has 0 saturated carbocycles. The first kappa shape index (κ1) is 15.1. The SMILES string of the molecule is COc1c(N2CC(C)OC(C)(C)C2)sc(C(C)=O)c1N. The highest BCUT2D eigenvalue weighted by Crippen LogP contribution is 2.46. The lowest BCUT2D eigenvalue weighted by molar-refractivity contribution is -0.0748. The fourth-order valence-electron chi connectivity index (χ4n) is 2.69. The van der Waals surface area contributed by atoms with Crippen LogP contribution >= 0.6 is 11.3 Å². The summed E-state index contributed by atoms with van der Waals surface area (Å²) in [6, 6.07) is 0. The summed E-state index contributed by atoms with van der Waals surface area (Å²) in [6.07, 6.45) is 0.118. The molecular weight excluding hydrogens is 276 g/mol. The Kier molecular flexibility index (Phi) is 3.97. The fourth-order valence-corrected chi connectivity index (χ4v) is 3.79. The number of nitrogens with two attached hydrogens (primary N) is 1. The zero-order chi connectivity index (χ0) is 15.1. The second-order valence-electron chi connectivity index (χ2n) is 5.81. The minimum Gasteiger partial charge on any atom is -0.492 e. The molecule has 0 spiro atoms. The van der Waals surface area contributed by atoms with E-state index in [2.05, 4.69) is 18.7 Å². The third-order valence-corrected chi connectivity index (χ3v) is 4.61. The fraction of sp³-hybridized carbons (Fsp3) is 0.643. The number of morpholine rings is 1. The summed E-state index contributed by atoms with van der Waals surface area (Å²) in [4.78, 5) is 14.4. The van der Waals surface area contributed by atoms with Crippen LogP contribution in [-0.4, -0.2) is 37.7 Å². The molecule has 20 heavy (non-hydrogen) atoms. The molecule has 1 aromatic heterocycles. The topological polar surface area (TPSA) is 64.8 Å². The lowest BCUT2D eigenvalue weighted by Gasteiger charge is -2.42. The molecule has 2 heterocycles.